The van der Waals surface area contributed by atoms with Crippen LogP contribution in [0.4, 0.5) is 5.82 Å². The van der Waals surface area contributed by atoms with E-state index >= 15 is 0 Å². The quantitative estimate of drug-likeness (QED) is 0.925. The van der Waals surface area contributed by atoms with Crippen LogP contribution in [0.25, 0.3) is 0 Å². The van der Waals surface area contributed by atoms with Crippen LogP contribution in [0.1, 0.15) is 48.8 Å². The summed E-state index contributed by atoms with van der Waals surface area (Å²) in [5.74, 6) is 2.37. The molecule has 4 nitrogen and oxygen atoms in total. The normalized spacial score (nSPS) is 15.4. The van der Waals surface area contributed by atoms with Crippen LogP contribution in [0.5, 0.6) is 0 Å². The molecule has 0 amide bonds. The highest BCUT2D eigenvalue weighted by Crippen LogP contribution is 2.33. The van der Waals surface area contributed by atoms with Gasteiger partial charge in [0.15, 0.2) is 0 Å². The number of hydrogen-bond acceptors (Lipinski definition) is 4. The van der Waals surface area contributed by atoms with Gasteiger partial charge in [0, 0.05) is 36.6 Å². The Kier molecular flexibility index (Phi) is 3.90. The summed E-state index contributed by atoms with van der Waals surface area (Å²) in [6.07, 6.45) is 7.65. The summed E-state index contributed by atoms with van der Waals surface area (Å²) >= 11 is 0. The average molecular weight is 268 g/mol. The maximum absolute atomic E-state index is 4.77. The Hall–Kier alpha value is -1.97. The number of hydrogen-bond donors (Lipinski definition) is 1. The van der Waals surface area contributed by atoms with Gasteiger partial charge in [-0.15, -0.1) is 0 Å². The van der Waals surface area contributed by atoms with Gasteiger partial charge in [-0.05, 0) is 25.0 Å². The lowest BCUT2D eigenvalue weighted by Gasteiger charge is -2.12. The van der Waals surface area contributed by atoms with Crippen molar-refractivity contribution in [1.29, 1.82) is 0 Å². The summed E-state index contributed by atoms with van der Waals surface area (Å²) in [5, 5.41) is 3.15. The van der Waals surface area contributed by atoms with Crippen molar-refractivity contribution in [2.75, 3.05) is 12.4 Å². The van der Waals surface area contributed by atoms with Crippen molar-refractivity contribution >= 4 is 5.82 Å². The van der Waals surface area contributed by atoms with Crippen molar-refractivity contribution in [2.24, 2.45) is 0 Å². The minimum Gasteiger partial charge on any atom is -0.373 e. The molecule has 0 bridgehead atoms. The van der Waals surface area contributed by atoms with Gasteiger partial charge in [-0.25, -0.2) is 9.97 Å². The monoisotopic (exact) mass is 268 g/mol. The third-order valence-corrected chi connectivity index (χ3v) is 3.89. The Morgan fingerprint density at radius 2 is 2.05 bits per heavy atom. The molecule has 1 fully saturated rings. The van der Waals surface area contributed by atoms with Gasteiger partial charge in [0.05, 0.1) is 6.42 Å². The Morgan fingerprint density at radius 1 is 1.20 bits per heavy atom. The first-order valence-electron chi connectivity index (χ1n) is 7.30. The molecule has 2 heterocycles. The molecule has 0 radical (unpaired) electrons. The highest BCUT2D eigenvalue weighted by atomic mass is 15.0. The Bertz CT molecular complexity index is 562. The predicted molar refractivity (Wildman–Crippen MR) is 79.8 cm³/mol. The van der Waals surface area contributed by atoms with E-state index < -0.39 is 0 Å². The summed E-state index contributed by atoms with van der Waals surface area (Å²) in [4.78, 5) is 13.7. The number of rotatable bonds is 4. The van der Waals surface area contributed by atoms with Gasteiger partial charge in [-0.3, -0.25) is 4.98 Å². The van der Waals surface area contributed by atoms with E-state index in [0.717, 1.165) is 17.3 Å². The van der Waals surface area contributed by atoms with Gasteiger partial charge in [-0.2, -0.15) is 0 Å². The summed E-state index contributed by atoms with van der Waals surface area (Å²) in [5.41, 5.74) is 2.20. The fourth-order valence-corrected chi connectivity index (χ4v) is 2.82. The van der Waals surface area contributed by atoms with Gasteiger partial charge in [0.2, 0.25) is 0 Å². The first-order valence-corrected chi connectivity index (χ1v) is 7.30. The second-order valence-corrected chi connectivity index (χ2v) is 5.32. The molecule has 0 spiro atoms. The van der Waals surface area contributed by atoms with Gasteiger partial charge in [0.1, 0.15) is 11.6 Å². The number of anilines is 1. The zero-order valence-corrected chi connectivity index (χ0v) is 11.8. The molecule has 1 saturated carbocycles. The third-order valence-electron chi connectivity index (χ3n) is 3.89. The van der Waals surface area contributed by atoms with Crippen LogP contribution in [-0.2, 0) is 6.42 Å². The molecule has 0 unspecified atom stereocenters. The van der Waals surface area contributed by atoms with Crippen LogP contribution in [0, 0.1) is 0 Å². The first kappa shape index (κ1) is 13.0. The van der Waals surface area contributed by atoms with Crippen LogP contribution < -0.4 is 5.32 Å². The summed E-state index contributed by atoms with van der Waals surface area (Å²) < 4.78 is 0. The lowest BCUT2D eigenvalue weighted by molar-refractivity contribution is 0.686. The SMILES string of the molecule is CNc1cc(C2CCCC2)nc(Cc2ccccn2)n1. The molecular weight excluding hydrogens is 248 g/mol. The largest absolute Gasteiger partial charge is 0.373 e. The van der Waals surface area contributed by atoms with Crippen molar-refractivity contribution in [3.05, 3.63) is 47.7 Å². The maximum Gasteiger partial charge on any atom is 0.136 e. The van der Waals surface area contributed by atoms with Gasteiger partial charge >= 0.3 is 0 Å². The molecule has 4 heteroatoms. The summed E-state index contributed by atoms with van der Waals surface area (Å²) in [6.45, 7) is 0. The molecule has 1 N–H and O–H groups in total. The van der Waals surface area contributed by atoms with Crippen LogP contribution in [-0.4, -0.2) is 22.0 Å². The minimum absolute atomic E-state index is 0.604. The molecular formula is C16H20N4. The van der Waals surface area contributed by atoms with E-state index in [9.17, 15) is 0 Å². The minimum atomic E-state index is 0.604. The van der Waals surface area contributed by atoms with E-state index in [2.05, 4.69) is 21.4 Å². The van der Waals surface area contributed by atoms with E-state index in [4.69, 9.17) is 4.98 Å². The topological polar surface area (TPSA) is 50.7 Å². The third kappa shape index (κ3) is 2.95. The highest BCUT2D eigenvalue weighted by Gasteiger charge is 2.20. The van der Waals surface area contributed by atoms with E-state index in [0.29, 0.717) is 12.3 Å². The smallest absolute Gasteiger partial charge is 0.136 e. The zero-order valence-electron chi connectivity index (χ0n) is 11.8. The van der Waals surface area contributed by atoms with Gasteiger partial charge in [-0.1, -0.05) is 18.9 Å². The van der Waals surface area contributed by atoms with E-state index in [1.165, 1.54) is 31.4 Å². The van der Waals surface area contributed by atoms with Crippen molar-refractivity contribution < 1.29 is 0 Å². The van der Waals surface area contributed by atoms with Crippen molar-refractivity contribution in [3.63, 3.8) is 0 Å². The second kappa shape index (κ2) is 5.99. The number of nitrogens with one attached hydrogen (secondary N) is 1. The molecule has 0 aromatic carbocycles. The van der Waals surface area contributed by atoms with Crippen molar-refractivity contribution in [1.82, 2.24) is 15.0 Å². The lowest BCUT2D eigenvalue weighted by atomic mass is 10.0. The number of pyridine rings is 1. The Labute approximate surface area is 119 Å². The van der Waals surface area contributed by atoms with E-state index in [1.807, 2.05) is 31.4 Å². The molecule has 3 rings (SSSR count). The van der Waals surface area contributed by atoms with Gasteiger partial charge < -0.3 is 5.32 Å². The van der Waals surface area contributed by atoms with Crippen molar-refractivity contribution in [3.8, 4) is 0 Å². The van der Waals surface area contributed by atoms with Crippen LogP contribution >= 0.6 is 0 Å². The standard InChI is InChI=1S/C16H20N4/c1-17-15-11-14(12-6-2-3-7-12)19-16(20-15)10-13-8-4-5-9-18-13/h4-5,8-9,11-12H,2-3,6-7,10H2,1H3,(H,17,19,20). The molecule has 1 aliphatic rings. The van der Waals surface area contributed by atoms with Crippen LogP contribution in [0.15, 0.2) is 30.5 Å². The highest BCUT2D eigenvalue weighted by molar-refractivity contribution is 5.37. The molecule has 104 valence electrons. The summed E-state index contributed by atoms with van der Waals surface area (Å²) in [7, 11) is 1.91. The molecule has 0 aliphatic heterocycles. The van der Waals surface area contributed by atoms with Crippen LogP contribution in [0.2, 0.25) is 0 Å². The first-order chi connectivity index (χ1) is 9.85. The molecule has 2 aromatic rings. The Balaban J connectivity index is 1.87. The van der Waals surface area contributed by atoms with Crippen LogP contribution in [0.3, 0.4) is 0 Å². The van der Waals surface area contributed by atoms with E-state index in [1.54, 1.807) is 0 Å². The molecule has 2 aromatic heterocycles. The lowest BCUT2D eigenvalue weighted by Crippen LogP contribution is -2.07. The number of aromatic nitrogens is 3. The van der Waals surface area contributed by atoms with E-state index in [-0.39, 0.29) is 0 Å². The predicted octanol–water partition coefficient (Wildman–Crippen LogP) is 3.16. The molecule has 0 saturated heterocycles. The zero-order chi connectivity index (χ0) is 13.8. The average Bonchev–Trinajstić information content (AvgIpc) is 3.02. The number of nitrogens with zero attached hydrogens (tertiary/aromatic N) is 3. The van der Waals surface area contributed by atoms with Gasteiger partial charge in [0.25, 0.3) is 0 Å². The molecule has 1 aliphatic carbocycles. The fourth-order valence-electron chi connectivity index (χ4n) is 2.82. The maximum atomic E-state index is 4.77. The summed E-state index contributed by atoms with van der Waals surface area (Å²) in [6, 6.07) is 8.04. The fraction of sp³-hybridized carbons (Fsp3) is 0.438. The molecule has 0 atom stereocenters. The molecule has 20 heavy (non-hydrogen) atoms. The Morgan fingerprint density at radius 3 is 2.75 bits per heavy atom. The van der Waals surface area contributed by atoms with Crippen molar-refractivity contribution in [2.45, 2.75) is 38.0 Å². The second-order valence-electron chi connectivity index (χ2n) is 5.32.